The van der Waals surface area contributed by atoms with Crippen LogP contribution in [-0.4, -0.2) is 32.8 Å². The van der Waals surface area contributed by atoms with E-state index in [0.29, 0.717) is 5.92 Å². The third-order valence-electron chi connectivity index (χ3n) is 5.53. The summed E-state index contributed by atoms with van der Waals surface area (Å²) in [5, 5.41) is 4.88. The number of hydrogen-bond donors (Lipinski definition) is 0. The van der Waals surface area contributed by atoms with E-state index in [9.17, 15) is 4.79 Å². The zero-order valence-electron chi connectivity index (χ0n) is 14.9. The third-order valence-corrected chi connectivity index (χ3v) is 6.02. The molecule has 0 saturated heterocycles. The largest absolute Gasteiger partial charge is 0.469 e. The fourth-order valence-corrected chi connectivity index (χ4v) is 4.07. The highest BCUT2D eigenvalue weighted by atomic mass is 79.9. The molecule has 1 aromatic carbocycles. The smallest absolute Gasteiger partial charge is 0.308 e. The van der Waals surface area contributed by atoms with Crippen LogP contribution in [0.5, 0.6) is 0 Å². The number of ether oxygens (including phenoxy) is 1. The quantitative estimate of drug-likeness (QED) is 0.582. The van der Waals surface area contributed by atoms with Gasteiger partial charge < -0.3 is 4.74 Å². The summed E-state index contributed by atoms with van der Waals surface area (Å²) in [6, 6.07) is 6.17. The van der Waals surface area contributed by atoms with Crippen LogP contribution in [-0.2, 0) is 9.53 Å². The van der Waals surface area contributed by atoms with Crippen LogP contribution in [0, 0.1) is 5.92 Å². The van der Waals surface area contributed by atoms with E-state index in [1.807, 2.05) is 29.1 Å². The topological polar surface area (TPSA) is 69.9 Å². The first-order valence-electron chi connectivity index (χ1n) is 9.22. The summed E-state index contributed by atoms with van der Waals surface area (Å²) in [6.07, 6.45) is 7.84. The minimum Gasteiger partial charge on any atom is -0.469 e. The van der Waals surface area contributed by atoms with Crippen molar-refractivity contribution in [3.63, 3.8) is 0 Å². The Morgan fingerprint density at radius 3 is 2.81 bits per heavy atom. The number of nitrogens with zero attached hydrogens (tertiary/aromatic N) is 4. The van der Waals surface area contributed by atoms with Crippen LogP contribution in [0.25, 0.3) is 22.3 Å². The maximum absolute atomic E-state index is 11.7. The SMILES string of the molecule is COC(=O)C1CC(n2cc(-c3cnc4ccc(Br)cc4n3)c(C3CC3)n2)C1. The molecule has 5 rings (SSSR count). The normalized spacial score (nSPS) is 21.9. The van der Waals surface area contributed by atoms with Crippen LogP contribution in [0.4, 0.5) is 0 Å². The van der Waals surface area contributed by atoms with Gasteiger partial charge in [-0.15, -0.1) is 0 Å². The molecule has 2 aliphatic rings. The lowest BCUT2D eigenvalue weighted by Gasteiger charge is -2.33. The number of carbonyl (C=O) groups is 1. The molecule has 0 aliphatic heterocycles. The molecule has 0 bridgehead atoms. The molecule has 27 heavy (non-hydrogen) atoms. The van der Waals surface area contributed by atoms with E-state index >= 15 is 0 Å². The van der Waals surface area contributed by atoms with Crippen LogP contribution >= 0.6 is 15.9 Å². The molecule has 6 nitrogen and oxygen atoms in total. The molecule has 2 aliphatic carbocycles. The predicted molar refractivity (Wildman–Crippen MR) is 104 cm³/mol. The standard InChI is InChI=1S/C20H19BrN4O2/c1-27-20(26)12-6-14(7-12)25-10-15(19(24-25)11-2-3-11)18-9-22-16-5-4-13(21)8-17(16)23-18/h4-5,8-12,14H,2-3,6-7H2,1H3. The Kier molecular flexibility index (Phi) is 4.00. The van der Waals surface area contributed by atoms with Gasteiger partial charge in [-0.3, -0.25) is 14.5 Å². The molecule has 0 radical (unpaired) electrons. The Morgan fingerprint density at radius 2 is 2.07 bits per heavy atom. The second-order valence-electron chi connectivity index (χ2n) is 7.42. The van der Waals surface area contributed by atoms with E-state index in [-0.39, 0.29) is 17.9 Å². The molecule has 0 spiro atoms. The van der Waals surface area contributed by atoms with Crippen LogP contribution < -0.4 is 0 Å². The predicted octanol–water partition coefficient (Wildman–Crippen LogP) is 4.26. The number of aromatic nitrogens is 4. The zero-order valence-corrected chi connectivity index (χ0v) is 16.5. The summed E-state index contributed by atoms with van der Waals surface area (Å²) < 4.78 is 7.86. The maximum atomic E-state index is 11.7. The number of fused-ring (bicyclic) bond motifs is 1. The van der Waals surface area contributed by atoms with Crippen molar-refractivity contribution >= 4 is 32.9 Å². The van der Waals surface area contributed by atoms with Gasteiger partial charge in [-0.25, -0.2) is 4.98 Å². The van der Waals surface area contributed by atoms with Crippen molar-refractivity contribution in [3.05, 3.63) is 40.8 Å². The summed E-state index contributed by atoms with van der Waals surface area (Å²) in [6.45, 7) is 0. The molecule has 2 saturated carbocycles. The molecular weight excluding hydrogens is 408 g/mol. The molecular formula is C20H19BrN4O2. The van der Waals surface area contributed by atoms with Gasteiger partial charge in [-0.2, -0.15) is 5.10 Å². The fourth-order valence-electron chi connectivity index (χ4n) is 3.73. The van der Waals surface area contributed by atoms with Gasteiger partial charge in [0.25, 0.3) is 0 Å². The summed E-state index contributed by atoms with van der Waals surface area (Å²) in [7, 11) is 1.45. The molecule has 0 unspecified atom stereocenters. The van der Waals surface area contributed by atoms with Gasteiger partial charge in [0.2, 0.25) is 0 Å². The second-order valence-corrected chi connectivity index (χ2v) is 8.33. The number of esters is 1. The first-order valence-corrected chi connectivity index (χ1v) is 10.0. The molecule has 0 amide bonds. The second kappa shape index (κ2) is 6.41. The Bertz CT molecular complexity index is 1040. The summed E-state index contributed by atoms with van der Waals surface area (Å²) >= 11 is 3.50. The van der Waals surface area contributed by atoms with Gasteiger partial charge >= 0.3 is 5.97 Å². The van der Waals surface area contributed by atoms with Crippen LogP contribution in [0.2, 0.25) is 0 Å². The Hall–Kier alpha value is -2.28. The van der Waals surface area contributed by atoms with Crippen molar-refractivity contribution in [1.82, 2.24) is 19.7 Å². The number of hydrogen-bond acceptors (Lipinski definition) is 5. The van der Waals surface area contributed by atoms with Crippen molar-refractivity contribution in [2.45, 2.75) is 37.6 Å². The molecule has 2 fully saturated rings. The maximum Gasteiger partial charge on any atom is 0.308 e. The van der Waals surface area contributed by atoms with Gasteiger partial charge in [-0.1, -0.05) is 15.9 Å². The van der Waals surface area contributed by atoms with Crippen molar-refractivity contribution < 1.29 is 9.53 Å². The molecule has 7 heteroatoms. The van der Waals surface area contributed by atoms with E-state index in [1.54, 1.807) is 0 Å². The van der Waals surface area contributed by atoms with Crippen molar-refractivity contribution in [3.8, 4) is 11.3 Å². The Balaban J connectivity index is 1.49. The lowest BCUT2D eigenvalue weighted by atomic mass is 9.80. The van der Waals surface area contributed by atoms with Gasteiger partial charge in [0.05, 0.1) is 47.7 Å². The average molecular weight is 427 g/mol. The summed E-state index contributed by atoms with van der Waals surface area (Å²) in [5.41, 5.74) is 4.78. The van der Waals surface area contributed by atoms with E-state index < -0.39 is 0 Å². The minimum atomic E-state index is -0.119. The van der Waals surface area contributed by atoms with Crippen molar-refractivity contribution in [2.75, 3.05) is 7.11 Å². The first-order chi connectivity index (χ1) is 13.1. The van der Waals surface area contributed by atoms with Crippen molar-refractivity contribution in [1.29, 1.82) is 0 Å². The van der Waals surface area contributed by atoms with E-state index in [4.69, 9.17) is 14.8 Å². The summed E-state index contributed by atoms with van der Waals surface area (Å²) in [4.78, 5) is 21.1. The summed E-state index contributed by atoms with van der Waals surface area (Å²) in [5.74, 6) is 0.389. The molecule has 2 aromatic heterocycles. The molecule has 3 aromatic rings. The van der Waals surface area contributed by atoms with E-state index in [0.717, 1.165) is 45.3 Å². The van der Waals surface area contributed by atoms with Gasteiger partial charge in [0.1, 0.15) is 0 Å². The van der Waals surface area contributed by atoms with Crippen LogP contribution in [0.15, 0.2) is 35.1 Å². The highest BCUT2D eigenvalue weighted by Gasteiger charge is 2.38. The number of benzene rings is 1. The molecule has 2 heterocycles. The number of carbonyl (C=O) groups excluding carboxylic acids is 1. The van der Waals surface area contributed by atoms with Gasteiger partial charge in [0.15, 0.2) is 0 Å². The third kappa shape index (κ3) is 3.04. The lowest BCUT2D eigenvalue weighted by Crippen LogP contribution is -2.33. The average Bonchev–Trinajstić information content (AvgIpc) is 3.39. The van der Waals surface area contributed by atoms with Crippen molar-refractivity contribution in [2.24, 2.45) is 5.92 Å². The molecule has 0 N–H and O–H groups in total. The van der Waals surface area contributed by atoms with Crippen LogP contribution in [0.3, 0.4) is 0 Å². The number of halogens is 1. The van der Waals surface area contributed by atoms with E-state index in [2.05, 4.69) is 27.1 Å². The Morgan fingerprint density at radius 1 is 1.26 bits per heavy atom. The van der Waals surface area contributed by atoms with Gasteiger partial charge in [-0.05, 0) is 43.9 Å². The molecule has 0 atom stereocenters. The highest BCUT2D eigenvalue weighted by molar-refractivity contribution is 9.10. The molecule has 138 valence electrons. The van der Waals surface area contributed by atoms with Gasteiger partial charge in [0, 0.05) is 22.2 Å². The van der Waals surface area contributed by atoms with Crippen LogP contribution in [0.1, 0.15) is 43.3 Å². The first kappa shape index (κ1) is 16.9. The minimum absolute atomic E-state index is 0.00478. The number of methoxy groups -OCH3 is 1. The fraction of sp³-hybridized carbons (Fsp3) is 0.400. The zero-order chi connectivity index (χ0) is 18.5. The Labute approximate surface area is 165 Å². The highest BCUT2D eigenvalue weighted by Crippen LogP contribution is 2.45. The monoisotopic (exact) mass is 426 g/mol. The number of rotatable bonds is 4. The van der Waals surface area contributed by atoms with E-state index in [1.165, 1.54) is 20.0 Å². The lowest BCUT2D eigenvalue weighted by molar-refractivity contribution is -0.149.